The summed E-state index contributed by atoms with van der Waals surface area (Å²) in [5.41, 5.74) is 4.77. The number of ketones is 1. The van der Waals surface area contributed by atoms with Crippen LogP contribution in [-0.2, 0) is 24.3 Å². The number of Topliss-reactive ketones (excluding diaryl/α,β-unsaturated/α-hetero) is 1. The average Bonchev–Trinajstić information content (AvgIpc) is 3.15. The molecule has 0 radical (unpaired) electrons. The van der Waals surface area contributed by atoms with Crippen molar-refractivity contribution >= 4 is 23.1 Å². The first-order chi connectivity index (χ1) is 14.9. The molecule has 3 heterocycles. The first kappa shape index (κ1) is 24.3. The molecule has 1 aromatic carbocycles. The molecular weight excluding hydrogens is 416 g/mol. The minimum Gasteiger partial charge on any atom is -0.362 e. The smallest absolute Gasteiger partial charge is 0.285 e. The van der Waals surface area contributed by atoms with Crippen molar-refractivity contribution in [2.24, 2.45) is 0 Å². The number of carbonyl (C=O) groups is 1. The van der Waals surface area contributed by atoms with E-state index in [2.05, 4.69) is 39.6 Å². The van der Waals surface area contributed by atoms with E-state index in [0.29, 0.717) is 18.8 Å². The maximum Gasteiger partial charge on any atom is 0.285 e. The van der Waals surface area contributed by atoms with Gasteiger partial charge in [0.15, 0.2) is 0 Å². The molecular formula is C22H29ClN6O2. The molecule has 1 N–H and O–H groups in total. The van der Waals surface area contributed by atoms with Crippen molar-refractivity contribution in [2.75, 3.05) is 11.4 Å². The quantitative estimate of drug-likeness (QED) is 0.663. The van der Waals surface area contributed by atoms with Crippen LogP contribution in [0.15, 0.2) is 35.3 Å². The Kier molecular flexibility index (Phi) is 8.93. The number of aromatic amines is 1. The second-order valence-electron chi connectivity index (χ2n) is 7.05. The van der Waals surface area contributed by atoms with Crippen LogP contribution in [0.4, 0.5) is 5.69 Å². The van der Waals surface area contributed by atoms with Crippen LogP contribution in [-0.4, -0.2) is 37.5 Å². The lowest BCUT2D eigenvalue weighted by Crippen LogP contribution is -2.32. The zero-order valence-corrected chi connectivity index (χ0v) is 19.4. The molecule has 0 aliphatic carbocycles. The highest BCUT2D eigenvalue weighted by Gasteiger charge is 2.24. The SMILES string of the molecule is CC.CC(C)=O.Cc1ccccc1Cn1nnc2c1CCN(c1cn[nH]c(=O)c1Cl)C2. The zero-order chi connectivity index (χ0) is 23.0. The van der Waals surface area contributed by atoms with Gasteiger partial charge in [0.25, 0.3) is 5.56 Å². The van der Waals surface area contributed by atoms with E-state index >= 15 is 0 Å². The maximum atomic E-state index is 11.7. The number of carbonyl (C=O) groups excluding carboxylic acids is 1. The molecule has 0 saturated carbocycles. The predicted octanol–water partition coefficient (Wildman–Crippen LogP) is 3.56. The molecule has 9 heteroatoms. The van der Waals surface area contributed by atoms with Crippen LogP contribution in [0.3, 0.4) is 0 Å². The Labute approximate surface area is 187 Å². The number of hydrogen-bond donors (Lipinski definition) is 1. The van der Waals surface area contributed by atoms with Crippen molar-refractivity contribution in [3.8, 4) is 0 Å². The van der Waals surface area contributed by atoms with Crippen molar-refractivity contribution in [1.29, 1.82) is 0 Å². The summed E-state index contributed by atoms with van der Waals surface area (Å²) in [4.78, 5) is 23.1. The Bertz CT molecular complexity index is 1070. The standard InChI is InChI=1S/C17H17ClN6O.C3H6O.C2H6/c1-11-4-2-3-5-12(11)9-24-14-6-7-23(10-13(14)20-22-24)15-8-19-21-17(25)16(15)18;1-3(2)4;1-2/h2-5,8H,6-7,9-10H2,1H3,(H,21,25);1-2H3;1-2H3. The van der Waals surface area contributed by atoms with Gasteiger partial charge in [0.05, 0.1) is 30.7 Å². The number of fused-ring (bicyclic) bond motifs is 1. The molecule has 0 saturated heterocycles. The zero-order valence-electron chi connectivity index (χ0n) is 18.6. The Morgan fingerprint density at radius 3 is 2.58 bits per heavy atom. The molecule has 0 spiro atoms. The Hall–Kier alpha value is -3.00. The third kappa shape index (κ3) is 6.24. The van der Waals surface area contributed by atoms with E-state index < -0.39 is 0 Å². The second kappa shape index (κ2) is 11.4. The van der Waals surface area contributed by atoms with E-state index in [1.807, 2.05) is 35.6 Å². The minimum absolute atomic E-state index is 0.158. The number of halogens is 1. The molecule has 166 valence electrons. The lowest BCUT2D eigenvalue weighted by Gasteiger charge is -2.28. The van der Waals surface area contributed by atoms with Crippen molar-refractivity contribution in [3.05, 3.63) is 68.4 Å². The van der Waals surface area contributed by atoms with Gasteiger partial charge < -0.3 is 9.69 Å². The number of benzene rings is 1. The van der Waals surface area contributed by atoms with Gasteiger partial charge in [-0.25, -0.2) is 9.78 Å². The Balaban J connectivity index is 0.000000513. The van der Waals surface area contributed by atoms with Gasteiger partial charge in [-0.3, -0.25) is 4.79 Å². The predicted molar refractivity (Wildman–Crippen MR) is 123 cm³/mol. The Morgan fingerprint density at radius 1 is 1.23 bits per heavy atom. The molecule has 3 aromatic rings. The van der Waals surface area contributed by atoms with Gasteiger partial charge >= 0.3 is 0 Å². The summed E-state index contributed by atoms with van der Waals surface area (Å²) in [6.07, 6.45) is 2.36. The topological polar surface area (TPSA) is 96.8 Å². The molecule has 0 atom stereocenters. The molecule has 0 amide bonds. The van der Waals surface area contributed by atoms with Gasteiger partial charge in [-0.05, 0) is 31.9 Å². The first-order valence-electron chi connectivity index (χ1n) is 10.3. The molecule has 31 heavy (non-hydrogen) atoms. The van der Waals surface area contributed by atoms with Gasteiger partial charge in [0.2, 0.25) is 0 Å². The number of aromatic nitrogens is 5. The fraction of sp³-hybridized carbons (Fsp3) is 0.409. The van der Waals surface area contributed by atoms with Crippen molar-refractivity contribution in [3.63, 3.8) is 0 Å². The van der Waals surface area contributed by atoms with Crippen molar-refractivity contribution < 1.29 is 4.79 Å². The molecule has 1 aliphatic rings. The van der Waals surface area contributed by atoms with Crippen molar-refractivity contribution in [1.82, 2.24) is 25.2 Å². The maximum absolute atomic E-state index is 11.7. The molecule has 0 bridgehead atoms. The van der Waals surface area contributed by atoms with Crippen molar-refractivity contribution in [2.45, 2.75) is 54.1 Å². The molecule has 8 nitrogen and oxygen atoms in total. The van der Waals surface area contributed by atoms with Gasteiger partial charge in [-0.15, -0.1) is 5.10 Å². The summed E-state index contributed by atoms with van der Waals surface area (Å²) in [6.45, 7) is 11.2. The summed E-state index contributed by atoms with van der Waals surface area (Å²) in [6, 6.07) is 8.28. The van der Waals surface area contributed by atoms with Gasteiger partial charge in [-0.2, -0.15) is 5.10 Å². The molecule has 1 aliphatic heterocycles. The summed E-state index contributed by atoms with van der Waals surface area (Å²) in [5, 5.41) is 15.0. The van der Waals surface area contributed by atoms with E-state index in [0.717, 1.165) is 24.4 Å². The van der Waals surface area contributed by atoms with Crippen LogP contribution in [0, 0.1) is 6.92 Å². The minimum atomic E-state index is -0.381. The Morgan fingerprint density at radius 2 is 1.90 bits per heavy atom. The number of nitrogens with zero attached hydrogens (tertiary/aromatic N) is 5. The summed E-state index contributed by atoms with van der Waals surface area (Å²) >= 11 is 6.12. The highest BCUT2D eigenvalue weighted by molar-refractivity contribution is 6.32. The van der Waals surface area contributed by atoms with Crippen LogP contribution < -0.4 is 10.5 Å². The first-order valence-corrected chi connectivity index (χ1v) is 10.7. The van der Waals surface area contributed by atoms with Gasteiger partial charge in [-0.1, -0.05) is 54.9 Å². The van der Waals surface area contributed by atoms with E-state index in [1.165, 1.54) is 25.0 Å². The lowest BCUT2D eigenvalue weighted by atomic mass is 10.1. The van der Waals surface area contributed by atoms with Gasteiger partial charge in [0, 0.05) is 13.0 Å². The molecule has 0 unspecified atom stereocenters. The van der Waals surface area contributed by atoms with Crippen LogP contribution in [0.1, 0.15) is 50.2 Å². The fourth-order valence-corrected chi connectivity index (χ4v) is 3.35. The molecule has 4 rings (SSSR count). The van der Waals surface area contributed by atoms with E-state index in [4.69, 9.17) is 11.6 Å². The average molecular weight is 445 g/mol. The summed E-state index contributed by atoms with van der Waals surface area (Å²) in [7, 11) is 0. The fourth-order valence-electron chi connectivity index (χ4n) is 3.14. The molecule has 2 aromatic heterocycles. The number of rotatable bonds is 3. The number of H-pyrrole nitrogens is 1. The normalized spacial score (nSPS) is 12.1. The van der Waals surface area contributed by atoms with Gasteiger partial charge in [0.1, 0.15) is 16.5 Å². The van der Waals surface area contributed by atoms with Crippen LogP contribution in [0.25, 0.3) is 0 Å². The second-order valence-corrected chi connectivity index (χ2v) is 7.42. The van der Waals surface area contributed by atoms with Crippen LogP contribution >= 0.6 is 11.6 Å². The number of nitrogens with one attached hydrogen (secondary N) is 1. The summed E-state index contributed by atoms with van der Waals surface area (Å²) < 4.78 is 1.96. The third-order valence-corrected chi connectivity index (χ3v) is 4.94. The number of aryl methyl sites for hydroxylation is 1. The lowest BCUT2D eigenvalue weighted by molar-refractivity contribution is -0.114. The number of anilines is 1. The molecule has 0 fully saturated rings. The van der Waals surface area contributed by atoms with Crippen LogP contribution in [0.2, 0.25) is 5.02 Å². The highest BCUT2D eigenvalue weighted by atomic mass is 35.5. The summed E-state index contributed by atoms with van der Waals surface area (Å²) in [5.74, 6) is 0.167. The third-order valence-electron chi connectivity index (χ3n) is 4.58. The van der Waals surface area contributed by atoms with E-state index in [1.54, 1.807) is 6.20 Å². The number of hydrogen-bond acceptors (Lipinski definition) is 6. The monoisotopic (exact) mass is 444 g/mol. The van der Waals surface area contributed by atoms with Crippen LogP contribution in [0.5, 0.6) is 0 Å². The van der Waals surface area contributed by atoms with E-state index in [-0.39, 0.29) is 16.4 Å². The van der Waals surface area contributed by atoms with E-state index in [9.17, 15) is 9.59 Å². The largest absolute Gasteiger partial charge is 0.362 e. The highest BCUT2D eigenvalue weighted by Crippen LogP contribution is 2.26.